The summed E-state index contributed by atoms with van der Waals surface area (Å²) in [7, 11) is 0. The molecule has 4 nitrogen and oxygen atoms in total. The highest BCUT2D eigenvalue weighted by molar-refractivity contribution is 6.35. The fourth-order valence-electron chi connectivity index (χ4n) is 3.26. The summed E-state index contributed by atoms with van der Waals surface area (Å²) in [6.45, 7) is 1.87. The molecule has 1 atom stereocenters. The first-order chi connectivity index (χ1) is 13.9. The second-order valence-corrected chi connectivity index (χ2v) is 7.42. The van der Waals surface area contributed by atoms with Crippen LogP contribution in [0, 0.1) is 12.7 Å². The lowest BCUT2D eigenvalue weighted by Gasteiger charge is -2.23. The van der Waals surface area contributed by atoms with Gasteiger partial charge in [-0.1, -0.05) is 35.3 Å². The van der Waals surface area contributed by atoms with E-state index in [1.54, 1.807) is 36.5 Å². The van der Waals surface area contributed by atoms with E-state index in [9.17, 15) is 9.50 Å². The Kier molecular flexibility index (Phi) is 5.26. The van der Waals surface area contributed by atoms with Gasteiger partial charge in [-0.05, 0) is 55.0 Å². The predicted molar refractivity (Wildman–Crippen MR) is 114 cm³/mol. The zero-order valence-electron chi connectivity index (χ0n) is 15.3. The molecule has 0 saturated heterocycles. The number of aromatic hydroxyl groups is 1. The fraction of sp³-hybridized carbons (Fsp3) is 0.0909. The molecule has 2 aromatic carbocycles. The Morgan fingerprint density at radius 1 is 1.00 bits per heavy atom. The first-order valence-electron chi connectivity index (χ1n) is 8.85. The maximum atomic E-state index is 13.6. The minimum atomic E-state index is -0.638. The molecular weight excluding hydrogens is 412 g/mol. The zero-order chi connectivity index (χ0) is 20.5. The first kappa shape index (κ1) is 19.4. The predicted octanol–water partition coefficient (Wildman–Crippen LogP) is 6.29. The molecule has 146 valence electrons. The molecule has 1 unspecified atom stereocenters. The number of nitrogens with one attached hydrogen (secondary N) is 1. The maximum Gasteiger partial charge on any atom is 0.147 e. The number of pyridine rings is 2. The van der Waals surface area contributed by atoms with Crippen molar-refractivity contribution in [2.45, 2.75) is 13.0 Å². The van der Waals surface area contributed by atoms with Crippen molar-refractivity contribution in [1.29, 1.82) is 0 Å². The molecule has 4 aromatic rings. The number of rotatable bonds is 4. The molecule has 7 heteroatoms. The quantitative estimate of drug-likeness (QED) is 0.401. The van der Waals surface area contributed by atoms with Gasteiger partial charge in [0.15, 0.2) is 0 Å². The number of phenolic OH excluding ortho intramolecular Hbond substituents is 1. The number of fused-ring (bicyclic) bond motifs is 1. The van der Waals surface area contributed by atoms with Crippen molar-refractivity contribution in [1.82, 2.24) is 9.97 Å². The second-order valence-electron chi connectivity index (χ2n) is 6.60. The molecule has 29 heavy (non-hydrogen) atoms. The summed E-state index contributed by atoms with van der Waals surface area (Å²) >= 11 is 12.8. The van der Waals surface area contributed by atoms with Crippen molar-refractivity contribution in [3.05, 3.63) is 93.5 Å². The number of benzene rings is 2. The van der Waals surface area contributed by atoms with Gasteiger partial charge in [-0.2, -0.15) is 0 Å². The van der Waals surface area contributed by atoms with Crippen LogP contribution in [0.5, 0.6) is 5.75 Å². The Balaban J connectivity index is 1.93. The lowest BCUT2D eigenvalue weighted by atomic mass is 9.96. The molecule has 2 N–H and O–H groups in total. The van der Waals surface area contributed by atoms with Crippen molar-refractivity contribution in [3.8, 4) is 5.75 Å². The molecule has 0 aliphatic heterocycles. The summed E-state index contributed by atoms with van der Waals surface area (Å²) in [5.41, 5.74) is 2.22. The molecule has 2 heterocycles. The monoisotopic (exact) mass is 427 g/mol. The minimum Gasteiger partial charge on any atom is -0.505 e. The number of halogens is 3. The van der Waals surface area contributed by atoms with E-state index in [2.05, 4.69) is 15.3 Å². The fourth-order valence-corrected chi connectivity index (χ4v) is 3.80. The van der Waals surface area contributed by atoms with E-state index >= 15 is 0 Å². The van der Waals surface area contributed by atoms with E-state index in [1.807, 2.05) is 19.1 Å². The van der Waals surface area contributed by atoms with Gasteiger partial charge in [0, 0.05) is 27.9 Å². The molecular formula is C22H16Cl2FN3O. The van der Waals surface area contributed by atoms with E-state index in [0.717, 1.165) is 5.69 Å². The van der Waals surface area contributed by atoms with Gasteiger partial charge in [0.1, 0.15) is 22.9 Å². The highest BCUT2D eigenvalue weighted by Gasteiger charge is 2.24. The summed E-state index contributed by atoms with van der Waals surface area (Å²) in [6, 6.07) is 14.2. The number of nitrogens with zero attached hydrogens (tertiary/aromatic N) is 2. The molecule has 2 aromatic heterocycles. The van der Waals surface area contributed by atoms with Gasteiger partial charge in [-0.25, -0.2) is 9.37 Å². The molecule has 0 amide bonds. The van der Waals surface area contributed by atoms with Crippen molar-refractivity contribution < 1.29 is 9.50 Å². The Hall–Kier alpha value is -2.89. The summed E-state index contributed by atoms with van der Waals surface area (Å²) in [4.78, 5) is 8.73. The van der Waals surface area contributed by atoms with Crippen LogP contribution in [0.15, 0.2) is 60.8 Å². The van der Waals surface area contributed by atoms with Gasteiger partial charge in [0.2, 0.25) is 0 Å². The molecule has 0 spiro atoms. The van der Waals surface area contributed by atoms with Gasteiger partial charge in [0.25, 0.3) is 0 Å². The normalized spacial score (nSPS) is 12.1. The van der Waals surface area contributed by atoms with Crippen LogP contribution in [0.2, 0.25) is 10.0 Å². The number of anilines is 1. The number of aromatic nitrogens is 2. The van der Waals surface area contributed by atoms with Crippen LogP contribution in [-0.2, 0) is 0 Å². The molecule has 0 fully saturated rings. The molecule has 0 aliphatic carbocycles. The standard InChI is InChI=1S/C22H16Cl2FN3O/c1-12-4-2-6-19(27-12)28-20(15-8-7-13(25)10-17(15)23)16-11-18(24)14-5-3-9-26-21(14)22(16)29/h2-11,20,29H,1H3,(H,27,28). The molecule has 0 radical (unpaired) electrons. The van der Waals surface area contributed by atoms with Crippen LogP contribution < -0.4 is 5.32 Å². The third-order valence-corrected chi connectivity index (χ3v) is 5.25. The third kappa shape index (κ3) is 3.84. The van der Waals surface area contributed by atoms with Gasteiger partial charge >= 0.3 is 0 Å². The van der Waals surface area contributed by atoms with Crippen molar-refractivity contribution >= 4 is 39.9 Å². The lowest BCUT2D eigenvalue weighted by molar-refractivity contribution is 0.471. The Morgan fingerprint density at radius 3 is 2.59 bits per heavy atom. The minimum absolute atomic E-state index is 0.0319. The second kappa shape index (κ2) is 7.85. The van der Waals surface area contributed by atoms with Gasteiger partial charge in [-0.15, -0.1) is 0 Å². The number of hydrogen-bond acceptors (Lipinski definition) is 4. The van der Waals surface area contributed by atoms with Gasteiger partial charge in [0.05, 0.1) is 11.1 Å². The first-order valence-corrected chi connectivity index (χ1v) is 9.61. The SMILES string of the molecule is Cc1cccc(NC(c2ccc(F)cc2Cl)c2cc(Cl)c3cccnc3c2O)n1. The number of phenols is 1. The van der Waals surface area contributed by atoms with Crippen LogP contribution in [-0.4, -0.2) is 15.1 Å². The number of aryl methyl sites for hydroxylation is 1. The van der Waals surface area contributed by atoms with Crippen LogP contribution >= 0.6 is 23.2 Å². The van der Waals surface area contributed by atoms with Crippen molar-refractivity contribution in [2.75, 3.05) is 5.32 Å². The van der Waals surface area contributed by atoms with Crippen molar-refractivity contribution in [2.24, 2.45) is 0 Å². The van der Waals surface area contributed by atoms with E-state index in [4.69, 9.17) is 23.2 Å². The average Bonchev–Trinajstić information content (AvgIpc) is 2.70. The third-order valence-electron chi connectivity index (χ3n) is 4.61. The average molecular weight is 428 g/mol. The topological polar surface area (TPSA) is 58.0 Å². The largest absolute Gasteiger partial charge is 0.505 e. The van der Waals surface area contributed by atoms with E-state index < -0.39 is 11.9 Å². The molecule has 4 rings (SSSR count). The highest BCUT2D eigenvalue weighted by Crippen LogP contribution is 2.41. The van der Waals surface area contributed by atoms with E-state index in [0.29, 0.717) is 32.9 Å². The van der Waals surface area contributed by atoms with Crippen LogP contribution in [0.3, 0.4) is 0 Å². The molecule has 0 aliphatic rings. The maximum absolute atomic E-state index is 13.6. The lowest BCUT2D eigenvalue weighted by Crippen LogP contribution is -2.15. The smallest absolute Gasteiger partial charge is 0.147 e. The highest BCUT2D eigenvalue weighted by atomic mass is 35.5. The van der Waals surface area contributed by atoms with Crippen LogP contribution in [0.4, 0.5) is 10.2 Å². The molecule has 0 bridgehead atoms. The zero-order valence-corrected chi connectivity index (χ0v) is 16.8. The van der Waals surface area contributed by atoms with Crippen molar-refractivity contribution in [3.63, 3.8) is 0 Å². The van der Waals surface area contributed by atoms with Crippen LogP contribution in [0.1, 0.15) is 22.9 Å². The summed E-state index contributed by atoms with van der Waals surface area (Å²) in [6.07, 6.45) is 1.58. The summed E-state index contributed by atoms with van der Waals surface area (Å²) in [5, 5.41) is 15.5. The number of hydrogen-bond donors (Lipinski definition) is 2. The Morgan fingerprint density at radius 2 is 1.83 bits per heavy atom. The Labute approximate surface area is 177 Å². The summed E-state index contributed by atoms with van der Waals surface area (Å²) in [5.74, 6) is 0.0937. The van der Waals surface area contributed by atoms with Crippen LogP contribution in [0.25, 0.3) is 10.9 Å². The van der Waals surface area contributed by atoms with E-state index in [1.165, 1.54) is 12.1 Å². The van der Waals surface area contributed by atoms with Gasteiger partial charge < -0.3 is 10.4 Å². The summed E-state index contributed by atoms with van der Waals surface area (Å²) < 4.78 is 13.6. The van der Waals surface area contributed by atoms with E-state index in [-0.39, 0.29) is 10.8 Å². The Bertz CT molecular complexity index is 1220. The molecule has 0 saturated carbocycles. The van der Waals surface area contributed by atoms with Gasteiger partial charge in [-0.3, -0.25) is 4.98 Å².